The van der Waals surface area contributed by atoms with Gasteiger partial charge in [-0.25, -0.2) is 0 Å². The van der Waals surface area contributed by atoms with Gasteiger partial charge in [0.25, 0.3) is 0 Å². The van der Waals surface area contributed by atoms with Gasteiger partial charge in [0.1, 0.15) is 0 Å². The highest BCUT2D eigenvalue weighted by atomic mass is 32.3. The van der Waals surface area contributed by atoms with E-state index in [0.29, 0.717) is 0 Å². The van der Waals surface area contributed by atoms with Crippen molar-refractivity contribution in [3.8, 4) is 0 Å². The minimum absolute atomic E-state index is 0.957. The van der Waals surface area contributed by atoms with E-state index in [1.165, 1.54) is 0 Å². The van der Waals surface area contributed by atoms with Crippen molar-refractivity contribution in [1.82, 2.24) is 0 Å². The van der Waals surface area contributed by atoms with Crippen molar-refractivity contribution in [2.45, 2.75) is 36.5 Å². The first kappa shape index (κ1) is 16.7. The van der Waals surface area contributed by atoms with Crippen LogP contribution in [-0.4, -0.2) is 24.2 Å². The third-order valence-electron chi connectivity index (χ3n) is 1.26. The summed E-state index contributed by atoms with van der Waals surface area (Å²) in [5.41, 5.74) is -11.0. The summed E-state index contributed by atoms with van der Waals surface area (Å²) in [6.45, 7) is 2.87. The standard InChI is InChI=1S/C6H9F6NO2S2/c1-4(2,3)16(5(7,8)9)13-17(14,15)6(10,11)12/h1-3H3. The van der Waals surface area contributed by atoms with Gasteiger partial charge in [-0.15, -0.1) is 3.77 Å². The fourth-order valence-corrected chi connectivity index (χ4v) is 3.69. The monoisotopic (exact) mass is 305 g/mol. The van der Waals surface area contributed by atoms with Gasteiger partial charge in [-0.05, 0) is 20.8 Å². The van der Waals surface area contributed by atoms with E-state index in [2.05, 4.69) is 0 Å². The molecule has 0 saturated heterocycles. The molecule has 0 aliphatic rings. The second-order valence-electron chi connectivity index (χ2n) is 3.84. The normalized spacial score (nSPS) is 17.2. The van der Waals surface area contributed by atoms with Gasteiger partial charge in [-0.1, -0.05) is 0 Å². The van der Waals surface area contributed by atoms with E-state index < -0.39 is 36.5 Å². The quantitative estimate of drug-likeness (QED) is 0.699. The van der Waals surface area contributed by atoms with Crippen molar-refractivity contribution in [2.75, 3.05) is 0 Å². The molecule has 0 aliphatic carbocycles. The van der Waals surface area contributed by atoms with Crippen molar-refractivity contribution < 1.29 is 34.8 Å². The van der Waals surface area contributed by atoms with Crippen LogP contribution in [0.1, 0.15) is 20.8 Å². The lowest BCUT2D eigenvalue weighted by atomic mass is 10.3. The molecule has 0 fully saturated rings. The van der Waals surface area contributed by atoms with E-state index in [1.54, 1.807) is 0 Å². The largest absolute Gasteiger partial charge is 0.519 e. The Morgan fingerprint density at radius 3 is 1.47 bits per heavy atom. The van der Waals surface area contributed by atoms with Crippen LogP contribution in [-0.2, 0) is 20.7 Å². The Labute approximate surface area is 96.3 Å². The van der Waals surface area contributed by atoms with Gasteiger partial charge in [0.2, 0.25) is 0 Å². The zero-order chi connectivity index (χ0) is 14.3. The summed E-state index contributed by atoms with van der Waals surface area (Å²) < 4.78 is 94.4. The number of hydrogen-bond donors (Lipinski definition) is 0. The van der Waals surface area contributed by atoms with E-state index in [9.17, 15) is 34.8 Å². The van der Waals surface area contributed by atoms with E-state index in [4.69, 9.17) is 0 Å². The van der Waals surface area contributed by atoms with Crippen molar-refractivity contribution in [2.24, 2.45) is 3.77 Å². The molecule has 3 nitrogen and oxygen atoms in total. The Balaban J connectivity index is 5.87. The third-order valence-corrected chi connectivity index (χ3v) is 4.83. The topological polar surface area (TPSA) is 46.5 Å². The highest BCUT2D eigenvalue weighted by Gasteiger charge is 2.50. The van der Waals surface area contributed by atoms with Crippen molar-refractivity contribution >= 4 is 20.7 Å². The van der Waals surface area contributed by atoms with Crippen LogP contribution in [0.3, 0.4) is 0 Å². The highest BCUT2D eigenvalue weighted by Crippen LogP contribution is 2.35. The summed E-state index contributed by atoms with van der Waals surface area (Å²) in [6.07, 6.45) is 0. The average molecular weight is 305 g/mol. The molecule has 1 unspecified atom stereocenters. The lowest BCUT2D eigenvalue weighted by Gasteiger charge is -2.24. The maximum Gasteiger partial charge on any atom is 0.519 e. The number of halogens is 6. The summed E-state index contributed by atoms with van der Waals surface area (Å²) >= 11 is 0. The highest BCUT2D eigenvalue weighted by molar-refractivity contribution is 8.01. The molecular weight excluding hydrogens is 296 g/mol. The van der Waals surface area contributed by atoms with Gasteiger partial charge in [0.15, 0.2) is 0 Å². The molecule has 0 spiro atoms. The molecule has 104 valence electrons. The Morgan fingerprint density at radius 2 is 1.29 bits per heavy atom. The predicted molar refractivity (Wildman–Crippen MR) is 50.6 cm³/mol. The Bertz CT molecular complexity index is 397. The first-order chi connectivity index (χ1) is 7.09. The van der Waals surface area contributed by atoms with Crippen molar-refractivity contribution in [1.29, 1.82) is 0 Å². The van der Waals surface area contributed by atoms with Crippen LogP contribution in [0.2, 0.25) is 0 Å². The van der Waals surface area contributed by atoms with E-state index in [0.717, 1.165) is 20.8 Å². The van der Waals surface area contributed by atoms with Crippen LogP contribution in [0.5, 0.6) is 0 Å². The van der Waals surface area contributed by atoms with Crippen LogP contribution in [0.15, 0.2) is 3.77 Å². The minimum atomic E-state index is -6.15. The average Bonchev–Trinajstić information content (AvgIpc) is 1.93. The smallest absolute Gasteiger partial charge is 0.194 e. The van der Waals surface area contributed by atoms with Crippen molar-refractivity contribution in [3.63, 3.8) is 0 Å². The Morgan fingerprint density at radius 1 is 0.941 bits per heavy atom. The predicted octanol–water partition coefficient (Wildman–Crippen LogP) is 2.96. The van der Waals surface area contributed by atoms with Gasteiger partial charge < -0.3 is 0 Å². The van der Waals surface area contributed by atoms with Gasteiger partial charge in [0, 0.05) is 15.4 Å². The molecule has 0 bridgehead atoms. The number of nitrogens with zero attached hydrogens (tertiary/aromatic N) is 1. The van der Waals surface area contributed by atoms with E-state index in [-0.39, 0.29) is 0 Å². The van der Waals surface area contributed by atoms with Gasteiger partial charge in [-0.3, -0.25) is 0 Å². The summed E-state index contributed by atoms with van der Waals surface area (Å²) in [6, 6.07) is 0. The molecule has 0 aromatic heterocycles. The molecule has 17 heavy (non-hydrogen) atoms. The molecule has 11 heteroatoms. The van der Waals surface area contributed by atoms with E-state index >= 15 is 0 Å². The lowest BCUT2D eigenvalue weighted by molar-refractivity contribution is -0.0437. The molecule has 0 aliphatic heterocycles. The molecule has 0 N–H and O–H groups in total. The first-order valence-corrected chi connectivity index (χ1v) is 6.57. The molecule has 0 radical (unpaired) electrons. The number of sulfonamides is 1. The SMILES string of the molecule is CC(C)(C)/S(=N/S(=O)(=O)C(F)(F)F)C(F)(F)F. The zero-order valence-corrected chi connectivity index (χ0v) is 10.5. The minimum Gasteiger partial charge on any atom is -0.194 e. The molecule has 0 aromatic rings. The lowest BCUT2D eigenvalue weighted by Crippen LogP contribution is -2.35. The first-order valence-electron chi connectivity index (χ1n) is 3.94. The fourth-order valence-electron chi connectivity index (χ4n) is 0.642. The van der Waals surface area contributed by atoms with Crippen LogP contribution in [0.4, 0.5) is 26.3 Å². The molecular formula is C6H9F6NO2S2. The second kappa shape index (κ2) is 4.41. The molecule has 0 amide bonds. The second-order valence-corrected chi connectivity index (χ2v) is 8.10. The Kier molecular flexibility index (Phi) is 4.33. The van der Waals surface area contributed by atoms with Gasteiger partial charge >= 0.3 is 21.0 Å². The summed E-state index contributed by atoms with van der Waals surface area (Å²) in [4.78, 5) is 0. The summed E-state index contributed by atoms with van der Waals surface area (Å²) in [5.74, 6) is 0. The fraction of sp³-hybridized carbons (Fsp3) is 1.00. The molecule has 0 heterocycles. The number of rotatable bonds is 1. The van der Waals surface area contributed by atoms with Crippen LogP contribution < -0.4 is 0 Å². The zero-order valence-electron chi connectivity index (χ0n) is 8.85. The molecule has 0 rings (SSSR count). The molecule has 0 saturated carbocycles. The number of hydrogen-bond acceptors (Lipinski definition) is 2. The van der Waals surface area contributed by atoms with Crippen LogP contribution in [0, 0.1) is 0 Å². The van der Waals surface area contributed by atoms with Crippen LogP contribution >= 0.6 is 0 Å². The summed E-state index contributed by atoms with van der Waals surface area (Å²) in [5, 5.41) is 0. The number of alkyl halides is 6. The van der Waals surface area contributed by atoms with Crippen molar-refractivity contribution in [3.05, 3.63) is 0 Å². The molecule has 1 atom stereocenters. The maximum absolute atomic E-state index is 12.4. The van der Waals surface area contributed by atoms with Crippen LogP contribution in [0.25, 0.3) is 0 Å². The third kappa shape index (κ3) is 4.45. The molecule has 0 aromatic carbocycles. The Hall–Kier alpha value is -0.320. The van der Waals surface area contributed by atoms with Gasteiger partial charge in [-0.2, -0.15) is 34.8 Å². The van der Waals surface area contributed by atoms with E-state index in [1.807, 2.05) is 3.77 Å². The summed E-state index contributed by atoms with van der Waals surface area (Å²) in [7, 11) is -9.40. The van der Waals surface area contributed by atoms with Gasteiger partial charge in [0.05, 0.1) is 0 Å². The maximum atomic E-state index is 12.4.